The molecule has 4 N–H and O–H groups in total. The van der Waals surface area contributed by atoms with E-state index in [-0.39, 0.29) is 17.1 Å². The van der Waals surface area contributed by atoms with Crippen molar-refractivity contribution in [2.45, 2.75) is 18.4 Å². The quantitative estimate of drug-likeness (QED) is 0.664. The molecule has 1 heterocycles. The molecule has 0 aliphatic heterocycles. The monoisotopic (exact) mass is 338 g/mol. The number of nitrogens with zero attached hydrogens (tertiary/aromatic N) is 1. The Morgan fingerprint density at radius 3 is 2.61 bits per heavy atom. The molecule has 0 spiro atoms. The highest BCUT2D eigenvalue weighted by molar-refractivity contribution is 7.89. The minimum absolute atomic E-state index is 0.100. The molecular weight excluding hydrogens is 324 g/mol. The van der Waals surface area contributed by atoms with Gasteiger partial charge in [0.2, 0.25) is 15.9 Å². The summed E-state index contributed by atoms with van der Waals surface area (Å²) < 4.78 is 23.9. The number of aromatic amines is 1. The van der Waals surface area contributed by atoms with Crippen molar-refractivity contribution in [3.05, 3.63) is 56.9 Å². The van der Waals surface area contributed by atoms with Crippen LogP contribution in [-0.2, 0) is 21.4 Å². The third-order valence-electron chi connectivity index (χ3n) is 2.99. The van der Waals surface area contributed by atoms with Crippen LogP contribution in [0.15, 0.2) is 44.9 Å². The number of primary sulfonamides is 1. The van der Waals surface area contributed by atoms with Gasteiger partial charge in [-0.25, -0.2) is 18.4 Å². The van der Waals surface area contributed by atoms with E-state index in [0.29, 0.717) is 5.56 Å². The highest BCUT2D eigenvalue weighted by Gasteiger charge is 2.13. The Hall–Kier alpha value is -2.72. The number of aryl methyl sites for hydroxylation is 1. The number of anilines is 1. The van der Waals surface area contributed by atoms with Gasteiger partial charge in [-0.15, -0.1) is 0 Å². The van der Waals surface area contributed by atoms with E-state index in [1.165, 1.54) is 24.4 Å². The van der Waals surface area contributed by atoms with E-state index in [2.05, 4.69) is 5.32 Å². The first-order chi connectivity index (χ1) is 10.7. The van der Waals surface area contributed by atoms with E-state index in [9.17, 15) is 22.8 Å². The molecule has 0 aliphatic carbocycles. The van der Waals surface area contributed by atoms with Gasteiger partial charge in [-0.1, -0.05) is 6.07 Å². The lowest BCUT2D eigenvalue weighted by molar-refractivity contribution is -0.116. The van der Waals surface area contributed by atoms with Crippen LogP contribution in [0.2, 0.25) is 0 Å². The smallest absolute Gasteiger partial charge is 0.324 e. The lowest BCUT2D eigenvalue weighted by Crippen LogP contribution is -2.32. The normalized spacial score (nSPS) is 11.2. The fourth-order valence-corrected chi connectivity index (χ4v) is 2.72. The summed E-state index contributed by atoms with van der Waals surface area (Å²) in [6, 6.07) is 5.36. The van der Waals surface area contributed by atoms with E-state index < -0.39 is 27.2 Å². The SMILES string of the molecule is Cc1ccc(NC(=O)Cn2ccc(=O)[nH]c2=O)cc1S(N)(=O)=O. The molecule has 0 saturated carbocycles. The maximum absolute atomic E-state index is 11.9. The first-order valence-corrected chi connectivity index (χ1v) is 7.94. The average Bonchev–Trinajstić information content (AvgIpc) is 2.43. The zero-order chi connectivity index (χ0) is 17.2. The molecule has 10 heteroatoms. The Bertz CT molecular complexity index is 974. The number of H-pyrrole nitrogens is 1. The molecule has 2 aromatic rings. The van der Waals surface area contributed by atoms with E-state index in [0.717, 1.165) is 10.6 Å². The molecule has 0 saturated heterocycles. The Kier molecular flexibility index (Phi) is 4.48. The molecule has 122 valence electrons. The summed E-state index contributed by atoms with van der Waals surface area (Å²) in [5, 5.41) is 7.56. The highest BCUT2D eigenvalue weighted by Crippen LogP contribution is 2.18. The van der Waals surface area contributed by atoms with Gasteiger partial charge in [0.15, 0.2) is 0 Å². The van der Waals surface area contributed by atoms with E-state index in [1.54, 1.807) is 6.92 Å². The number of hydrogen-bond acceptors (Lipinski definition) is 5. The number of amides is 1. The maximum Gasteiger partial charge on any atom is 0.328 e. The molecule has 0 fully saturated rings. The summed E-state index contributed by atoms with van der Waals surface area (Å²) in [5.74, 6) is -0.566. The number of carbonyl (C=O) groups is 1. The second-order valence-electron chi connectivity index (χ2n) is 4.81. The van der Waals surface area contributed by atoms with Crippen molar-refractivity contribution >= 4 is 21.6 Å². The van der Waals surface area contributed by atoms with Crippen LogP contribution in [0.5, 0.6) is 0 Å². The molecule has 9 nitrogen and oxygen atoms in total. The van der Waals surface area contributed by atoms with Crippen LogP contribution in [0.4, 0.5) is 5.69 Å². The zero-order valence-corrected chi connectivity index (χ0v) is 12.9. The topological polar surface area (TPSA) is 144 Å². The molecule has 0 radical (unpaired) electrons. The molecular formula is C13H14N4O5S. The van der Waals surface area contributed by atoms with Crippen molar-refractivity contribution in [1.29, 1.82) is 0 Å². The standard InChI is InChI=1S/C13H14N4O5S/c1-8-2-3-9(6-10(8)23(14,21)22)15-12(19)7-17-5-4-11(18)16-13(17)20/h2-6H,7H2,1H3,(H,15,19)(H2,14,21,22)(H,16,18,20). The summed E-state index contributed by atoms with van der Waals surface area (Å²) in [5.41, 5.74) is -0.616. The number of nitrogens with two attached hydrogens (primary N) is 1. The fraction of sp³-hybridized carbons (Fsp3) is 0.154. The first kappa shape index (κ1) is 16.6. The number of benzene rings is 1. The Balaban J connectivity index is 2.21. The van der Waals surface area contributed by atoms with Crippen LogP contribution in [0.3, 0.4) is 0 Å². The first-order valence-electron chi connectivity index (χ1n) is 6.40. The summed E-state index contributed by atoms with van der Waals surface area (Å²) in [4.78, 5) is 36.3. The van der Waals surface area contributed by atoms with Gasteiger partial charge in [-0.3, -0.25) is 19.1 Å². The fourth-order valence-electron chi connectivity index (χ4n) is 1.91. The molecule has 2 rings (SSSR count). The van der Waals surface area contributed by atoms with Crippen LogP contribution >= 0.6 is 0 Å². The molecule has 0 unspecified atom stereocenters. The van der Waals surface area contributed by atoms with Gasteiger partial charge in [-0.05, 0) is 24.6 Å². The second-order valence-corrected chi connectivity index (χ2v) is 6.34. The van der Waals surface area contributed by atoms with Crippen molar-refractivity contribution in [2.24, 2.45) is 5.14 Å². The van der Waals surface area contributed by atoms with Crippen LogP contribution in [0.25, 0.3) is 0 Å². The van der Waals surface area contributed by atoms with Crippen molar-refractivity contribution < 1.29 is 13.2 Å². The van der Waals surface area contributed by atoms with E-state index in [4.69, 9.17) is 5.14 Å². The molecule has 1 amide bonds. The molecule has 1 aromatic heterocycles. The summed E-state index contributed by atoms with van der Waals surface area (Å²) in [7, 11) is -3.91. The maximum atomic E-state index is 11.9. The van der Waals surface area contributed by atoms with Crippen molar-refractivity contribution in [3.63, 3.8) is 0 Å². The van der Waals surface area contributed by atoms with Gasteiger partial charge in [0.1, 0.15) is 6.54 Å². The van der Waals surface area contributed by atoms with Gasteiger partial charge in [0, 0.05) is 18.0 Å². The number of rotatable bonds is 4. The lowest BCUT2D eigenvalue weighted by Gasteiger charge is -2.09. The third kappa shape index (κ3) is 4.14. The van der Waals surface area contributed by atoms with Crippen LogP contribution < -0.4 is 21.7 Å². The predicted octanol–water partition coefficient (Wildman–Crippen LogP) is -0.869. The minimum atomic E-state index is -3.91. The van der Waals surface area contributed by atoms with Crippen molar-refractivity contribution in [3.8, 4) is 0 Å². The number of carbonyl (C=O) groups excluding carboxylic acids is 1. The predicted molar refractivity (Wildman–Crippen MR) is 82.5 cm³/mol. The third-order valence-corrected chi connectivity index (χ3v) is 4.04. The largest absolute Gasteiger partial charge is 0.328 e. The molecule has 23 heavy (non-hydrogen) atoms. The molecule has 1 aromatic carbocycles. The summed E-state index contributed by atoms with van der Waals surface area (Å²) in [6.07, 6.45) is 1.19. The van der Waals surface area contributed by atoms with Crippen molar-refractivity contribution in [1.82, 2.24) is 9.55 Å². The zero-order valence-electron chi connectivity index (χ0n) is 12.1. The lowest BCUT2D eigenvalue weighted by atomic mass is 10.2. The second kappa shape index (κ2) is 6.18. The van der Waals surface area contributed by atoms with Gasteiger partial charge in [0.05, 0.1) is 4.90 Å². The minimum Gasteiger partial charge on any atom is -0.324 e. The van der Waals surface area contributed by atoms with Crippen molar-refractivity contribution in [2.75, 3.05) is 5.32 Å². The number of hydrogen-bond donors (Lipinski definition) is 3. The van der Waals surface area contributed by atoms with Crippen LogP contribution in [0.1, 0.15) is 5.56 Å². The average molecular weight is 338 g/mol. The summed E-state index contributed by atoms with van der Waals surface area (Å²) in [6.45, 7) is 1.24. The Labute approximate surface area is 130 Å². The number of aromatic nitrogens is 2. The molecule has 0 bridgehead atoms. The van der Waals surface area contributed by atoms with Gasteiger partial charge < -0.3 is 5.32 Å². The van der Waals surface area contributed by atoms with E-state index >= 15 is 0 Å². The summed E-state index contributed by atoms with van der Waals surface area (Å²) >= 11 is 0. The van der Waals surface area contributed by atoms with Crippen LogP contribution in [0, 0.1) is 6.92 Å². The van der Waals surface area contributed by atoms with E-state index in [1.807, 2.05) is 4.98 Å². The van der Waals surface area contributed by atoms with Gasteiger partial charge in [0.25, 0.3) is 5.56 Å². The Morgan fingerprint density at radius 2 is 2.00 bits per heavy atom. The van der Waals surface area contributed by atoms with Gasteiger partial charge >= 0.3 is 5.69 Å². The number of sulfonamides is 1. The number of nitrogens with one attached hydrogen (secondary N) is 2. The van der Waals surface area contributed by atoms with Gasteiger partial charge in [-0.2, -0.15) is 0 Å². The van der Waals surface area contributed by atoms with Crippen LogP contribution in [-0.4, -0.2) is 23.9 Å². The Morgan fingerprint density at radius 1 is 1.30 bits per heavy atom. The molecule has 0 atom stereocenters. The highest BCUT2D eigenvalue weighted by atomic mass is 32.2. The molecule has 0 aliphatic rings.